The molecule has 0 aromatic carbocycles. The number of rotatable bonds is 4. The minimum Gasteiger partial charge on any atom is -0.481 e. The van der Waals surface area contributed by atoms with E-state index in [2.05, 4.69) is 10.2 Å². The third-order valence-corrected chi connectivity index (χ3v) is 4.02. The molecule has 4 heteroatoms. The number of hydrogen-bond acceptors (Lipinski definition) is 3. The lowest BCUT2D eigenvalue weighted by molar-refractivity contribution is -0.144. The van der Waals surface area contributed by atoms with Gasteiger partial charge in [-0.05, 0) is 32.2 Å². The van der Waals surface area contributed by atoms with Crippen molar-refractivity contribution >= 4 is 5.97 Å². The molecule has 92 valence electrons. The van der Waals surface area contributed by atoms with Gasteiger partial charge < -0.3 is 15.3 Å². The molecule has 1 aliphatic carbocycles. The maximum atomic E-state index is 11.1. The number of aliphatic carboxylic acids is 1. The van der Waals surface area contributed by atoms with Crippen molar-refractivity contribution in [3.8, 4) is 0 Å². The van der Waals surface area contributed by atoms with Crippen molar-refractivity contribution in [2.75, 3.05) is 26.7 Å². The zero-order valence-electron chi connectivity index (χ0n) is 9.98. The SMILES string of the molecule is CNC1CC(C(=O)O)CN(CC2CCC2)C1. The highest BCUT2D eigenvalue weighted by atomic mass is 16.4. The number of piperidine rings is 1. The Morgan fingerprint density at radius 2 is 2.19 bits per heavy atom. The van der Waals surface area contributed by atoms with Crippen molar-refractivity contribution in [1.82, 2.24) is 10.2 Å². The van der Waals surface area contributed by atoms with E-state index in [0.29, 0.717) is 6.04 Å². The van der Waals surface area contributed by atoms with Gasteiger partial charge in [-0.1, -0.05) is 6.42 Å². The fourth-order valence-electron chi connectivity index (χ4n) is 2.77. The molecule has 1 saturated heterocycles. The minimum atomic E-state index is -0.640. The number of carboxylic acid groups (broad SMARTS) is 1. The molecule has 4 nitrogen and oxygen atoms in total. The summed E-state index contributed by atoms with van der Waals surface area (Å²) in [6, 6.07) is 0.343. The van der Waals surface area contributed by atoms with Crippen LogP contribution in [0.3, 0.4) is 0 Å². The zero-order chi connectivity index (χ0) is 11.5. The van der Waals surface area contributed by atoms with Crippen LogP contribution in [0.1, 0.15) is 25.7 Å². The Kier molecular flexibility index (Phi) is 3.82. The van der Waals surface area contributed by atoms with Crippen molar-refractivity contribution in [2.24, 2.45) is 11.8 Å². The largest absolute Gasteiger partial charge is 0.481 e. The average Bonchev–Trinajstić information content (AvgIpc) is 2.23. The lowest BCUT2D eigenvalue weighted by Crippen LogP contribution is -2.51. The third kappa shape index (κ3) is 2.74. The molecule has 0 spiro atoms. The van der Waals surface area contributed by atoms with Crippen molar-refractivity contribution in [3.63, 3.8) is 0 Å². The van der Waals surface area contributed by atoms with Crippen molar-refractivity contribution in [2.45, 2.75) is 31.7 Å². The number of likely N-dealkylation sites (N-methyl/N-ethyl adjacent to an activating group) is 1. The first kappa shape index (κ1) is 11.9. The molecule has 2 aliphatic rings. The summed E-state index contributed by atoms with van der Waals surface area (Å²) < 4.78 is 0. The minimum absolute atomic E-state index is 0.189. The summed E-state index contributed by atoms with van der Waals surface area (Å²) in [6.07, 6.45) is 4.79. The Labute approximate surface area is 97.0 Å². The van der Waals surface area contributed by atoms with Gasteiger partial charge in [0.05, 0.1) is 5.92 Å². The first-order chi connectivity index (χ1) is 7.69. The zero-order valence-corrected chi connectivity index (χ0v) is 9.98. The van der Waals surface area contributed by atoms with Crippen LogP contribution in [0.25, 0.3) is 0 Å². The molecule has 2 unspecified atom stereocenters. The highest BCUT2D eigenvalue weighted by molar-refractivity contribution is 5.70. The lowest BCUT2D eigenvalue weighted by atomic mass is 9.84. The van der Waals surface area contributed by atoms with Crippen LogP contribution in [0.15, 0.2) is 0 Å². The molecule has 0 aromatic heterocycles. The van der Waals surface area contributed by atoms with Crippen LogP contribution < -0.4 is 5.32 Å². The second-order valence-corrected chi connectivity index (χ2v) is 5.27. The molecule has 1 heterocycles. The summed E-state index contributed by atoms with van der Waals surface area (Å²) in [4.78, 5) is 13.4. The van der Waals surface area contributed by atoms with Crippen LogP contribution in [-0.2, 0) is 4.79 Å². The topological polar surface area (TPSA) is 52.6 Å². The fourth-order valence-corrected chi connectivity index (χ4v) is 2.77. The highest BCUT2D eigenvalue weighted by Crippen LogP contribution is 2.28. The molecule has 0 aromatic rings. The van der Waals surface area contributed by atoms with Crippen LogP contribution >= 0.6 is 0 Å². The predicted octanol–water partition coefficient (Wildman–Crippen LogP) is 0.781. The molecule has 2 rings (SSSR count). The van der Waals surface area contributed by atoms with Crippen LogP contribution in [0, 0.1) is 11.8 Å². The van der Waals surface area contributed by atoms with E-state index in [1.807, 2.05) is 7.05 Å². The van der Waals surface area contributed by atoms with E-state index in [-0.39, 0.29) is 5.92 Å². The lowest BCUT2D eigenvalue weighted by Gasteiger charge is -2.39. The Morgan fingerprint density at radius 1 is 1.44 bits per heavy atom. The van der Waals surface area contributed by atoms with Crippen LogP contribution in [0.2, 0.25) is 0 Å². The first-order valence-electron chi connectivity index (χ1n) is 6.31. The van der Waals surface area contributed by atoms with Gasteiger partial charge in [-0.2, -0.15) is 0 Å². The second kappa shape index (κ2) is 5.15. The van der Waals surface area contributed by atoms with Crippen molar-refractivity contribution in [1.29, 1.82) is 0 Å². The van der Waals surface area contributed by atoms with Gasteiger partial charge in [-0.15, -0.1) is 0 Å². The first-order valence-corrected chi connectivity index (χ1v) is 6.31. The smallest absolute Gasteiger partial charge is 0.307 e. The number of likely N-dealkylation sites (tertiary alicyclic amines) is 1. The molecule has 0 bridgehead atoms. The van der Waals surface area contributed by atoms with E-state index in [1.54, 1.807) is 0 Å². The van der Waals surface area contributed by atoms with Crippen molar-refractivity contribution < 1.29 is 9.90 Å². The van der Waals surface area contributed by atoms with E-state index in [4.69, 9.17) is 5.11 Å². The van der Waals surface area contributed by atoms with Gasteiger partial charge in [0.15, 0.2) is 0 Å². The number of carbonyl (C=O) groups is 1. The number of hydrogen-bond donors (Lipinski definition) is 2. The van der Waals surface area contributed by atoms with Gasteiger partial charge in [-0.3, -0.25) is 4.79 Å². The van der Waals surface area contributed by atoms with Gasteiger partial charge in [-0.25, -0.2) is 0 Å². The monoisotopic (exact) mass is 226 g/mol. The average molecular weight is 226 g/mol. The fraction of sp³-hybridized carbons (Fsp3) is 0.917. The number of nitrogens with zero attached hydrogens (tertiary/aromatic N) is 1. The normalized spacial score (nSPS) is 32.3. The van der Waals surface area contributed by atoms with E-state index in [1.165, 1.54) is 19.3 Å². The Balaban J connectivity index is 1.88. The van der Waals surface area contributed by atoms with E-state index >= 15 is 0 Å². The quantitative estimate of drug-likeness (QED) is 0.744. The molecule has 2 N–H and O–H groups in total. The molecular weight excluding hydrogens is 204 g/mol. The summed E-state index contributed by atoms with van der Waals surface area (Å²) >= 11 is 0. The standard InChI is InChI=1S/C12H22N2O2/c1-13-11-5-10(12(15)16)7-14(8-11)6-9-3-2-4-9/h9-11,13H,2-8H2,1H3,(H,15,16). The molecule has 1 aliphatic heterocycles. The van der Waals surface area contributed by atoms with Gasteiger partial charge in [0.25, 0.3) is 0 Å². The maximum Gasteiger partial charge on any atom is 0.307 e. The molecule has 0 radical (unpaired) electrons. The summed E-state index contributed by atoms with van der Waals surface area (Å²) in [7, 11) is 1.93. The summed E-state index contributed by atoms with van der Waals surface area (Å²) in [6.45, 7) is 2.85. The summed E-state index contributed by atoms with van der Waals surface area (Å²) in [5.74, 6) is -0.00473. The maximum absolute atomic E-state index is 11.1. The van der Waals surface area contributed by atoms with Gasteiger partial charge in [0.2, 0.25) is 0 Å². The Hall–Kier alpha value is -0.610. The Morgan fingerprint density at radius 3 is 2.69 bits per heavy atom. The van der Waals surface area contributed by atoms with E-state index in [9.17, 15) is 4.79 Å². The number of nitrogens with one attached hydrogen (secondary N) is 1. The second-order valence-electron chi connectivity index (χ2n) is 5.27. The summed E-state index contributed by atoms with van der Waals surface area (Å²) in [5, 5.41) is 12.3. The number of carboxylic acids is 1. The summed E-state index contributed by atoms with van der Waals surface area (Å²) in [5.41, 5.74) is 0. The van der Waals surface area contributed by atoms with Gasteiger partial charge in [0, 0.05) is 25.7 Å². The van der Waals surface area contributed by atoms with Gasteiger partial charge in [0.1, 0.15) is 0 Å². The molecule has 1 saturated carbocycles. The highest BCUT2D eigenvalue weighted by Gasteiger charge is 2.32. The van der Waals surface area contributed by atoms with Crippen LogP contribution in [-0.4, -0.2) is 48.7 Å². The molecule has 2 atom stereocenters. The molecule has 2 fully saturated rings. The Bertz CT molecular complexity index is 251. The molecule has 16 heavy (non-hydrogen) atoms. The van der Waals surface area contributed by atoms with Gasteiger partial charge >= 0.3 is 5.97 Å². The predicted molar refractivity (Wildman–Crippen MR) is 62.4 cm³/mol. The van der Waals surface area contributed by atoms with Crippen LogP contribution in [0.5, 0.6) is 0 Å². The van der Waals surface area contributed by atoms with E-state index in [0.717, 1.165) is 32.0 Å². The third-order valence-electron chi connectivity index (χ3n) is 4.02. The molecular formula is C12H22N2O2. The van der Waals surface area contributed by atoms with Crippen LogP contribution in [0.4, 0.5) is 0 Å². The van der Waals surface area contributed by atoms with Crippen molar-refractivity contribution in [3.05, 3.63) is 0 Å². The van der Waals surface area contributed by atoms with E-state index < -0.39 is 5.97 Å². The molecule has 0 amide bonds.